The van der Waals surface area contributed by atoms with Crippen LogP contribution in [0.3, 0.4) is 0 Å². The average Bonchev–Trinajstić information content (AvgIpc) is 2.62. The molecule has 1 fully saturated rings. The van der Waals surface area contributed by atoms with Gasteiger partial charge in [-0.1, -0.05) is 0 Å². The zero-order valence-corrected chi connectivity index (χ0v) is 14.1. The summed E-state index contributed by atoms with van der Waals surface area (Å²) in [4.78, 5) is 0. The van der Waals surface area contributed by atoms with Crippen molar-refractivity contribution in [2.24, 2.45) is 5.92 Å². The van der Waals surface area contributed by atoms with Crippen LogP contribution in [0.4, 0.5) is 0 Å². The molecule has 3 heterocycles. The average molecular weight is 317 g/mol. The zero-order chi connectivity index (χ0) is 15.6. The fourth-order valence-corrected chi connectivity index (χ4v) is 4.32. The van der Waals surface area contributed by atoms with Crippen LogP contribution in [0, 0.1) is 5.92 Å². The van der Waals surface area contributed by atoms with E-state index in [4.69, 9.17) is 14.2 Å². The normalized spacial score (nSPS) is 23.3. The SMILES string of the molecule is COc1c2c(c(CC3CCCNC3)c3c1OCCC3)OCCC2. The van der Waals surface area contributed by atoms with Crippen LogP contribution in [0.15, 0.2) is 0 Å². The van der Waals surface area contributed by atoms with Gasteiger partial charge in [0.25, 0.3) is 0 Å². The number of hydrogen-bond acceptors (Lipinski definition) is 4. The van der Waals surface area contributed by atoms with Crippen molar-refractivity contribution in [3.8, 4) is 17.2 Å². The summed E-state index contributed by atoms with van der Waals surface area (Å²) in [6.07, 6.45) is 7.96. The minimum atomic E-state index is 0.706. The maximum Gasteiger partial charge on any atom is 0.167 e. The molecular weight excluding hydrogens is 290 g/mol. The maximum absolute atomic E-state index is 6.15. The highest BCUT2D eigenvalue weighted by Crippen LogP contribution is 2.48. The van der Waals surface area contributed by atoms with Gasteiger partial charge in [-0.3, -0.25) is 0 Å². The summed E-state index contributed by atoms with van der Waals surface area (Å²) < 4.78 is 17.9. The van der Waals surface area contributed by atoms with Gasteiger partial charge in [-0.05, 0) is 64.0 Å². The Morgan fingerprint density at radius 2 is 1.83 bits per heavy atom. The van der Waals surface area contributed by atoms with Crippen molar-refractivity contribution in [2.75, 3.05) is 33.4 Å². The molecule has 0 radical (unpaired) electrons. The van der Waals surface area contributed by atoms with Crippen molar-refractivity contribution in [1.29, 1.82) is 0 Å². The summed E-state index contributed by atoms with van der Waals surface area (Å²) in [6, 6.07) is 0. The predicted molar refractivity (Wildman–Crippen MR) is 89.9 cm³/mol. The molecule has 1 N–H and O–H groups in total. The Morgan fingerprint density at radius 1 is 1.04 bits per heavy atom. The Bertz CT molecular complexity index is 541. The molecule has 4 heteroatoms. The minimum Gasteiger partial charge on any atom is -0.493 e. The first kappa shape index (κ1) is 15.1. The van der Waals surface area contributed by atoms with Gasteiger partial charge in [0, 0.05) is 16.7 Å². The van der Waals surface area contributed by atoms with Gasteiger partial charge in [-0.25, -0.2) is 0 Å². The van der Waals surface area contributed by atoms with Crippen LogP contribution in [-0.2, 0) is 19.3 Å². The molecule has 4 rings (SSSR count). The number of methoxy groups -OCH3 is 1. The number of benzene rings is 1. The molecule has 0 saturated carbocycles. The number of piperidine rings is 1. The molecule has 1 atom stereocenters. The standard InChI is InChI=1S/C19H27NO3/c1-21-18-15-7-4-9-22-17(15)16(11-13-5-2-8-20-12-13)14-6-3-10-23-19(14)18/h13,20H,2-12H2,1H3. The van der Waals surface area contributed by atoms with E-state index < -0.39 is 0 Å². The van der Waals surface area contributed by atoms with E-state index in [9.17, 15) is 0 Å². The summed E-state index contributed by atoms with van der Waals surface area (Å²) >= 11 is 0. The van der Waals surface area contributed by atoms with Gasteiger partial charge in [0.15, 0.2) is 11.5 Å². The maximum atomic E-state index is 6.15. The second-order valence-corrected chi connectivity index (χ2v) is 6.95. The van der Waals surface area contributed by atoms with E-state index in [0.717, 1.165) is 75.7 Å². The van der Waals surface area contributed by atoms with E-state index in [1.165, 1.54) is 29.5 Å². The quantitative estimate of drug-likeness (QED) is 0.930. The smallest absolute Gasteiger partial charge is 0.167 e. The Morgan fingerprint density at radius 3 is 2.57 bits per heavy atom. The Kier molecular flexibility index (Phi) is 4.34. The second-order valence-electron chi connectivity index (χ2n) is 6.95. The van der Waals surface area contributed by atoms with Crippen molar-refractivity contribution in [3.05, 3.63) is 16.7 Å². The second kappa shape index (κ2) is 6.60. The van der Waals surface area contributed by atoms with Crippen molar-refractivity contribution in [1.82, 2.24) is 5.32 Å². The highest BCUT2D eigenvalue weighted by Gasteiger charge is 2.31. The Hall–Kier alpha value is -1.42. The molecule has 0 bridgehead atoms. The van der Waals surface area contributed by atoms with Gasteiger partial charge in [-0.2, -0.15) is 0 Å². The summed E-state index contributed by atoms with van der Waals surface area (Å²) in [5.41, 5.74) is 3.99. The fourth-order valence-electron chi connectivity index (χ4n) is 4.32. The number of rotatable bonds is 3. The lowest BCUT2D eigenvalue weighted by atomic mass is 9.85. The van der Waals surface area contributed by atoms with Crippen LogP contribution in [0.5, 0.6) is 17.2 Å². The third-order valence-electron chi connectivity index (χ3n) is 5.40. The first-order valence-electron chi connectivity index (χ1n) is 9.09. The van der Waals surface area contributed by atoms with E-state index in [2.05, 4.69) is 5.32 Å². The van der Waals surface area contributed by atoms with Crippen LogP contribution in [-0.4, -0.2) is 33.4 Å². The van der Waals surface area contributed by atoms with Crippen LogP contribution < -0.4 is 19.5 Å². The van der Waals surface area contributed by atoms with Crippen LogP contribution in [0.1, 0.15) is 42.4 Å². The summed E-state index contributed by atoms with van der Waals surface area (Å²) in [5, 5.41) is 3.54. The van der Waals surface area contributed by atoms with Gasteiger partial charge in [0.05, 0.1) is 20.3 Å². The molecule has 0 amide bonds. The number of fused-ring (bicyclic) bond motifs is 2. The highest BCUT2D eigenvalue weighted by atomic mass is 16.5. The van der Waals surface area contributed by atoms with Gasteiger partial charge in [-0.15, -0.1) is 0 Å². The summed E-state index contributed by atoms with van der Waals surface area (Å²) in [5.74, 6) is 3.75. The molecular formula is C19H27NO3. The minimum absolute atomic E-state index is 0.706. The largest absolute Gasteiger partial charge is 0.493 e. The van der Waals surface area contributed by atoms with Gasteiger partial charge >= 0.3 is 0 Å². The van der Waals surface area contributed by atoms with Crippen molar-refractivity contribution in [3.63, 3.8) is 0 Å². The third kappa shape index (κ3) is 2.78. The molecule has 3 aliphatic rings. The van der Waals surface area contributed by atoms with E-state index >= 15 is 0 Å². The third-order valence-corrected chi connectivity index (χ3v) is 5.40. The number of ether oxygens (including phenoxy) is 3. The Labute approximate surface area is 138 Å². The predicted octanol–water partition coefficient (Wildman–Crippen LogP) is 2.89. The van der Waals surface area contributed by atoms with E-state index in [0.29, 0.717) is 5.92 Å². The molecule has 3 aliphatic heterocycles. The molecule has 0 spiro atoms. The number of nitrogens with one attached hydrogen (secondary N) is 1. The lowest BCUT2D eigenvalue weighted by Gasteiger charge is -2.32. The van der Waals surface area contributed by atoms with Crippen LogP contribution in [0.25, 0.3) is 0 Å². The van der Waals surface area contributed by atoms with Gasteiger partial charge in [0.1, 0.15) is 5.75 Å². The molecule has 0 aliphatic carbocycles. The van der Waals surface area contributed by atoms with Crippen LogP contribution in [0.2, 0.25) is 0 Å². The highest BCUT2D eigenvalue weighted by molar-refractivity contribution is 5.64. The molecule has 1 unspecified atom stereocenters. The topological polar surface area (TPSA) is 39.7 Å². The van der Waals surface area contributed by atoms with E-state index in [1.807, 2.05) is 0 Å². The lowest BCUT2D eigenvalue weighted by molar-refractivity contribution is 0.248. The zero-order valence-electron chi connectivity index (χ0n) is 14.1. The number of hydrogen-bond donors (Lipinski definition) is 1. The molecule has 0 aromatic heterocycles. The molecule has 126 valence electrons. The molecule has 23 heavy (non-hydrogen) atoms. The molecule has 4 nitrogen and oxygen atoms in total. The van der Waals surface area contributed by atoms with Crippen molar-refractivity contribution in [2.45, 2.75) is 44.9 Å². The molecule has 1 saturated heterocycles. The fraction of sp³-hybridized carbons (Fsp3) is 0.684. The Balaban J connectivity index is 1.79. The van der Waals surface area contributed by atoms with Crippen LogP contribution >= 0.6 is 0 Å². The van der Waals surface area contributed by atoms with E-state index in [-0.39, 0.29) is 0 Å². The summed E-state index contributed by atoms with van der Waals surface area (Å²) in [7, 11) is 1.76. The first-order chi connectivity index (χ1) is 11.4. The van der Waals surface area contributed by atoms with Crippen molar-refractivity contribution < 1.29 is 14.2 Å². The van der Waals surface area contributed by atoms with Gasteiger partial charge < -0.3 is 19.5 Å². The lowest BCUT2D eigenvalue weighted by Crippen LogP contribution is -2.31. The molecule has 1 aromatic rings. The first-order valence-corrected chi connectivity index (χ1v) is 9.09. The van der Waals surface area contributed by atoms with Gasteiger partial charge in [0.2, 0.25) is 0 Å². The summed E-state index contributed by atoms with van der Waals surface area (Å²) in [6.45, 7) is 3.91. The van der Waals surface area contributed by atoms with Crippen molar-refractivity contribution >= 4 is 0 Å². The molecule has 1 aromatic carbocycles. The van der Waals surface area contributed by atoms with E-state index in [1.54, 1.807) is 7.11 Å². The monoisotopic (exact) mass is 317 g/mol.